The van der Waals surface area contributed by atoms with E-state index in [1.54, 1.807) is 24.2 Å². The maximum Gasteiger partial charge on any atom is 0.256 e. The summed E-state index contributed by atoms with van der Waals surface area (Å²) < 4.78 is 0.750. The van der Waals surface area contributed by atoms with Crippen LogP contribution in [0.15, 0.2) is 16.7 Å². The number of nitrogens with zero attached hydrogens (tertiary/aromatic N) is 2. The number of carbonyl (C=O) groups is 1. The summed E-state index contributed by atoms with van der Waals surface area (Å²) in [4.78, 5) is 17.4. The normalized spacial score (nSPS) is 10.1. The lowest BCUT2D eigenvalue weighted by molar-refractivity contribution is 0.0795. The first-order valence-electron chi connectivity index (χ1n) is 4.62. The van der Waals surface area contributed by atoms with Crippen LogP contribution in [0.3, 0.4) is 0 Å². The summed E-state index contributed by atoms with van der Waals surface area (Å²) in [7, 11) is 1.75. The number of halogens is 2. The number of pyridine rings is 1. The smallest absolute Gasteiger partial charge is 0.256 e. The first-order chi connectivity index (χ1) is 7.06. The highest BCUT2D eigenvalue weighted by Gasteiger charge is 2.15. The molecule has 0 saturated heterocycles. The highest BCUT2D eigenvalue weighted by molar-refractivity contribution is 9.10. The van der Waals surface area contributed by atoms with Crippen molar-refractivity contribution in [3.63, 3.8) is 0 Å². The minimum Gasteiger partial charge on any atom is -0.342 e. The molecule has 0 bridgehead atoms. The maximum absolute atomic E-state index is 11.9. The van der Waals surface area contributed by atoms with Crippen molar-refractivity contribution in [2.24, 2.45) is 0 Å². The monoisotopic (exact) mass is 290 g/mol. The van der Waals surface area contributed by atoms with E-state index in [2.05, 4.69) is 20.9 Å². The third-order valence-electron chi connectivity index (χ3n) is 1.94. The van der Waals surface area contributed by atoms with Gasteiger partial charge in [0.2, 0.25) is 0 Å². The van der Waals surface area contributed by atoms with Gasteiger partial charge in [-0.1, -0.05) is 18.5 Å². The largest absolute Gasteiger partial charge is 0.342 e. The predicted molar refractivity (Wildman–Crippen MR) is 64.2 cm³/mol. The Kier molecular flexibility index (Phi) is 4.54. The summed E-state index contributed by atoms with van der Waals surface area (Å²) in [5, 5.41) is 0.242. The van der Waals surface area contributed by atoms with Crippen LogP contribution in [0.1, 0.15) is 23.7 Å². The zero-order valence-corrected chi connectivity index (χ0v) is 11.0. The summed E-state index contributed by atoms with van der Waals surface area (Å²) in [6.45, 7) is 2.73. The number of aromatic nitrogens is 1. The molecule has 1 rings (SSSR count). The minimum atomic E-state index is -0.101. The van der Waals surface area contributed by atoms with E-state index in [1.807, 2.05) is 6.92 Å². The second-order valence-electron chi connectivity index (χ2n) is 3.22. The molecule has 0 radical (unpaired) electrons. The van der Waals surface area contributed by atoms with Crippen LogP contribution in [0.25, 0.3) is 0 Å². The Labute approximate surface area is 103 Å². The van der Waals surface area contributed by atoms with E-state index < -0.39 is 0 Å². The molecule has 1 aromatic heterocycles. The molecule has 0 aliphatic rings. The van der Waals surface area contributed by atoms with E-state index in [9.17, 15) is 4.79 Å². The topological polar surface area (TPSA) is 33.2 Å². The molecule has 0 saturated carbocycles. The molecule has 1 heterocycles. The molecule has 1 amide bonds. The maximum atomic E-state index is 11.9. The lowest BCUT2D eigenvalue weighted by Gasteiger charge is -2.16. The average molecular weight is 292 g/mol. The summed E-state index contributed by atoms with van der Waals surface area (Å²) in [5.41, 5.74) is 0.432. The van der Waals surface area contributed by atoms with Crippen LogP contribution in [0.4, 0.5) is 0 Å². The van der Waals surface area contributed by atoms with Gasteiger partial charge in [0.15, 0.2) is 0 Å². The zero-order chi connectivity index (χ0) is 11.4. The van der Waals surface area contributed by atoms with Gasteiger partial charge in [-0.05, 0) is 28.4 Å². The summed E-state index contributed by atoms with van der Waals surface area (Å²) in [5.74, 6) is -0.101. The number of carbonyl (C=O) groups excluding carboxylic acids is 1. The van der Waals surface area contributed by atoms with Crippen LogP contribution >= 0.6 is 27.5 Å². The van der Waals surface area contributed by atoms with Crippen molar-refractivity contribution in [3.8, 4) is 0 Å². The second-order valence-corrected chi connectivity index (χ2v) is 4.49. The number of hydrogen-bond donors (Lipinski definition) is 0. The highest BCUT2D eigenvalue weighted by Crippen LogP contribution is 2.19. The van der Waals surface area contributed by atoms with Gasteiger partial charge in [0.1, 0.15) is 5.15 Å². The van der Waals surface area contributed by atoms with Gasteiger partial charge in [-0.3, -0.25) is 4.79 Å². The van der Waals surface area contributed by atoms with Crippen LogP contribution in [-0.4, -0.2) is 29.4 Å². The second kappa shape index (κ2) is 5.47. The van der Waals surface area contributed by atoms with Gasteiger partial charge in [0.25, 0.3) is 5.91 Å². The number of rotatable bonds is 3. The molecule has 0 unspecified atom stereocenters. The molecule has 82 valence electrons. The molecule has 0 aromatic carbocycles. The fourth-order valence-corrected chi connectivity index (χ4v) is 1.73. The van der Waals surface area contributed by atoms with Gasteiger partial charge in [-0.15, -0.1) is 0 Å². The fraction of sp³-hybridized carbons (Fsp3) is 0.400. The van der Waals surface area contributed by atoms with E-state index in [4.69, 9.17) is 11.6 Å². The first-order valence-corrected chi connectivity index (χ1v) is 5.80. The molecule has 1 aromatic rings. The van der Waals surface area contributed by atoms with E-state index in [1.165, 1.54) is 0 Å². The van der Waals surface area contributed by atoms with Crippen molar-refractivity contribution in [2.75, 3.05) is 13.6 Å². The molecule has 0 spiro atoms. The van der Waals surface area contributed by atoms with Gasteiger partial charge in [-0.25, -0.2) is 4.98 Å². The van der Waals surface area contributed by atoms with E-state index >= 15 is 0 Å². The lowest BCUT2D eigenvalue weighted by Crippen LogP contribution is -2.27. The van der Waals surface area contributed by atoms with E-state index in [-0.39, 0.29) is 11.1 Å². The van der Waals surface area contributed by atoms with Crippen LogP contribution in [0, 0.1) is 0 Å². The van der Waals surface area contributed by atoms with Gasteiger partial charge in [0.05, 0.1) is 5.56 Å². The van der Waals surface area contributed by atoms with Crippen molar-refractivity contribution in [1.29, 1.82) is 0 Å². The van der Waals surface area contributed by atoms with Crippen LogP contribution in [0.5, 0.6) is 0 Å². The Balaban J connectivity index is 2.95. The predicted octanol–water partition coefficient (Wildman–Crippen LogP) is 2.98. The number of hydrogen-bond acceptors (Lipinski definition) is 2. The van der Waals surface area contributed by atoms with Crippen LogP contribution < -0.4 is 0 Å². The number of amides is 1. The van der Waals surface area contributed by atoms with E-state index in [0.29, 0.717) is 12.1 Å². The van der Waals surface area contributed by atoms with E-state index in [0.717, 1.165) is 10.9 Å². The quantitative estimate of drug-likeness (QED) is 0.802. The van der Waals surface area contributed by atoms with Gasteiger partial charge >= 0.3 is 0 Å². The third-order valence-corrected chi connectivity index (χ3v) is 2.68. The molecule has 5 heteroatoms. The fourth-order valence-electron chi connectivity index (χ4n) is 1.22. The Hall–Kier alpha value is -0.610. The summed E-state index contributed by atoms with van der Waals surface area (Å²) in [6, 6.07) is 1.68. The van der Waals surface area contributed by atoms with Crippen molar-refractivity contribution < 1.29 is 4.79 Å². The van der Waals surface area contributed by atoms with Crippen LogP contribution in [-0.2, 0) is 0 Å². The first kappa shape index (κ1) is 12.5. The standard InChI is InChI=1S/C10H12BrClN2O/c1-3-4-14(2)10(15)8-5-7(11)6-13-9(8)12/h5-6H,3-4H2,1-2H3. The Morgan fingerprint density at radius 2 is 2.33 bits per heavy atom. The third kappa shape index (κ3) is 3.18. The molecular formula is C10H12BrClN2O. The molecule has 0 aliphatic carbocycles. The molecule has 0 atom stereocenters. The molecule has 0 aliphatic heterocycles. The SMILES string of the molecule is CCCN(C)C(=O)c1cc(Br)cnc1Cl. The minimum absolute atomic E-state index is 0.101. The molecule has 3 nitrogen and oxygen atoms in total. The molecule has 0 N–H and O–H groups in total. The Morgan fingerprint density at radius 1 is 1.67 bits per heavy atom. The van der Waals surface area contributed by atoms with Gasteiger partial charge in [0, 0.05) is 24.3 Å². The molecule has 0 fully saturated rings. The Morgan fingerprint density at radius 3 is 2.93 bits per heavy atom. The van der Waals surface area contributed by atoms with Crippen molar-refractivity contribution in [3.05, 3.63) is 27.5 Å². The van der Waals surface area contributed by atoms with Crippen molar-refractivity contribution >= 4 is 33.4 Å². The molecule has 15 heavy (non-hydrogen) atoms. The highest BCUT2D eigenvalue weighted by atomic mass is 79.9. The molecular weight excluding hydrogens is 279 g/mol. The summed E-state index contributed by atoms with van der Waals surface area (Å²) in [6.07, 6.45) is 2.49. The lowest BCUT2D eigenvalue weighted by atomic mass is 10.2. The van der Waals surface area contributed by atoms with Crippen LogP contribution in [0.2, 0.25) is 5.15 Å². The Bertz CT molecular complexity index is 370. The summed E-state index contributed by atoms with van der Waals surface area (Å²) >= 11 is 9.12. The average Bonchev–Trinajstić information content (AvgIpc) is 2.21. The zero-order valence-electron chi connectivity index (χ0n) is 8.63. The van der Waals surface area contributed by atoms with Crippen molar-refractivity contribution in [1.82, 2.24) is 9.88 Å². The van der Waals surface area contributed by atoms with Gasteiger partial charge in [-0.2, -0.15) is 0 Å². The van der Waals surface area contributed by atoms with Gasteiger partial charge < -0.3 is 4.90 Å². The van der Waals surface area contributed by atoms with Crippen molar-refractivity contribution in [2.45, 2.75) is 13.3 Å².